The van der Waals surface area contributed by atoms with Gasteiger partial charge < -0.3 is 10.2 Å². The zero-order valence-electron chi connectivity index (χ0n) is 9.06. The van der Waals surface area contributed by atoms with Gasteiger partial charge in [0.2, 0.25) is 0 Å². The van der Waals surface area contributed by atoms with Gasteiger partial charge in [0.1, 0.15) is 11.6 Å². The lowest BCUT2D eigenvalue weighted by Gasteiger charge is -2.10. The minimum absolute atomic E-state index is 0.492. The van der Waals surface area contributed by atoms with E-state index in [0.29, 0.717) is 12.2 Å². The largest absolute Gasteiger partial charge is 0.385 e. The molecule has 1 aromatic carbocycles. The molecule has 0 atom stereocenters. The summed E-state index contributed by atoms with van der Waals surface area (Å²) in [5, 5.41) is 2.98. The Labute approximate surface area is 88.9 Å². The lowest BCUT2D eigenvalue weighted by atomic mass is 10.3. The second-order valence-corrected chi connectivity index (χ2v) is 3.74. The van der Waals surface area contributed by atoms with E-state index in [0.717, 1.165) is 19.0 Å². The third-order valence-electron chi connectivity index (χ3n) is 1.97. The van der Waals surface area contributed by atoms with Crippen molar-refractivity contribution in [1.29, 1.82) is 0 Å². The van der Waals surface area contributed by atoms with E-state index in [1.165, 1.54) is 12.1 Å². The number of hydrogen-bond donors (Lipinski definition) is 1. The van der Waals surface area contributed by atoms with E-state index < -0.39 is 11.6 Å². The first-order valence-electron chi connectivity index (χ1n) is 4.92. The Morgan fingerprint density at radius 2 is 1.73 bits per heavy atom. The maximum atomic E-state index is 12.8. The van der Waals surface area contributed by atoms with Crippen LogP contribution in [-0.2, 0) is 0 Å². The molecule has 0 bridgehead atoms. The Morgan fingerprint density at radius 3 is 2.27 bits per heavy atom. The summed E-state index contributed by atoms with van der Waals surface area (Å²) < 4.78 is 25.6. The van der Waals surface area contributed by atoms with Gasteiger partial charge in [0.25, 0.3) is 0 Å². The topological polar surface area (TPSA) is 15.3 Å². The molecule has 0 spiro atoms. The van der Waals surface area contributed by atoms with Crippen molar-refractivity contribution >= 4 is 5.69 Å². The Hall–Kier alpha value is -1.16. The molecule has 1 aromatic rings. The van der Waals surface area contributed by atoms with Gasteiger partial charge in [0.15, 0.2) is 0 Å². The van der Waals surface area contributed by atoms with E-state index in [-0.39, 0.29) is 0 Å². The van der Waals surface area contributed by atoms with Gasteiger partial charge in [-0.3, -0.25) is 0 Å². The van der Waals surface area contributed by atoms with Crippen LogP contribution in [0.25, 0.3) is 0 Å². The van der Waals surface area contributed by atoms with E-state index in [1.54, 1.807) is 0 Å². The normalized spacial score (nSPS) is 10.7. The zero-order valence-corrected chi connectivity index (χ0v) is 9.06. The van der Waals surface area contributed by atoms with E-state index in [9.17, 15) is 8.78 Å². The number of halogens is 2. The fourth-order valence-corrected chi connectivity index (χ4v) is 1.28. The fourth-order valence-electron chi connectivity index (χ4n) is 1.28. The van der Waals surface area contributed by atoms with Gasteiger partial charge in [-0.2, -0.15) is 0 Å². The highest BCUT2D eigenvalue weighted by molar-refractivity contribution is 5.43. The molecule has 0 aliphatic rings. The van der Waals surface area contributed by atoms with Crippen LogP contribution in [0, 0.1) is 11.6 Å². The van der Waals surface area contributed by atoms with Crippen LogP contribution in [0.15, 0.2) is 18.2 Å². The Morgan fingerprint density at radius 1 is 1.13 bits per heavy atom. The Bertz CT molecular complexity index is 293. The molecule has 0 saturated carbocycles. The number of rotatable bonds is 5. The van der Waals surface area contributed by atoms with Crippen LogP contribution in [0.5, 0.6) is 0 Å². The SMILES string of the molecule is CN(C)CCCNc1cc(F)cc(F)c1. The smallest absolute Gasteiger partial charge is 0.128 e. The molecular weight excluding hydrogens is 198 g/mol. The summed E-state index contributed by atoms with van der Waals surface area (Å²) in [5.41, 5.74) is 0.492. The molecule has 0 unspecified atom stereocenters. The summed E-state index contributed by atoms with van der Waals surface area (Å²) in [4.78, 5) is 2.06. The number of hydrogen-bond acceptors (Lipinski definition) is 2. The third kappa shape index (κ3) is 4.74. The summed E-state index contributed by atoms with van der Waals surface area (Å²) in [6, 6.07) is 3.45. The average molecular weight is 214 g/mol. The molecule has 0 radical (unpaired) electrons. The second-order valence-electron chi connectivity index (χ2n) is 3.74. The van der Waals surface area contributed by atoms with Crippen LogP contribution in [0.1, 0.15) is 6.42 Å². The van der Waals surface area contributed by atoms with Gasteiger partial charge in [-0.15, -0.1) is 0 Å². The molecule has 0 aliphatic heterocycles. The van der Waals surface area contributed by atoms with Crippen LogP contribution in [0.3, 0.4) is 0 Å². The number of nitrogens with one attached hydrogen (secondary N) is 1. The van der Waals surface area contributed by atoms with Crippen molar-refractivity contribution in [2.24, 2.45) is 0 Å². The number of anilines is 1. The molecule has 84 valence electrons. The van der Waals surface area contributed by atoms with Crippen molar-refractivity contribution in [3.05, 3.63) is 29.8 Å². The van der Waals surface area contributed by atoms with Crippen LogP contribution < -0.4 is 5.32 Å². The van der Waals surface area contributed by atoms with Gasteiger partial charge >= 0.3 is 0 Å². The van der Waals surface area contributed by atoms with E-state index in [1.807, 2.05) is 14.1 Å². The lowest BCUT2D eigenvalue weighted by Crippen LogP contribution is -2.16. The highest BCUT2D eigenvalue weighted by atomic mass is 19.1. The summed E-state index contributed by atoms with van der Waals surface area (Å²) in [7, 11) is 3.98. The molecule has 1 rings (SSSR count). The Kier molecular flexibility index (Phi) is 4.49. The van der Waals surface area contributed by atoms with E-state index >= 15 is 0 Å². The molecule has 0 fully saturated rings. The van der Waals surface area contributed by atoms with Gasteiger partial charge in [-0.05, 0) is 39.2 Å². The van der Waals surface area contributed by atoms with Gasteiger partial charge in [0, 0.05) is 18.3 Å². The molecule has 0 aromatic heterocycles. The quantitative estimate of drug-likeness (QED) is 0.757. The second kappa shape index (κ2) is 5.66. The van der Waals surface area contributed by atoms with Gasteiger partial charge in [0.05, 0.1) is 0 Å². The molecular formula is C11H16F2N2. The maximum absolute atomic E-state index is 12.8. The average Bonchev–Trinajstić information content (AvgIpc) is 2.10. The highest BCUT2D eigenvalue weighted by Gasteiger charge is 1.99. The predicted molar refractivity (Wildman–Crippen MR) is 58.0 cm³/mol. The van der Waals surface area contributed by atoms with Crippen molar-refractivity contribution in [1.82, 2.24) is 4.90 Å². The molecule has 0 aliphatic carbocycles. The number of benzene rings is 1. The van der Waals surface area contributed by atoms with Crippen LogP contribution in [0.2, 0.25) is 0 Å². The van der Waals surface area contributed by atoms with Crippen molar-refractivity contribution in [3.63, 3.8) is 0 Å². The first-order valence-corrected chi connectivity index (χ1v) is 4.92. The third-order valence-corrected chi connectivity index (χ3v) is 1.97. The van der Waals surface area contributed by atoms with Crippen molar-refractivity contribution in [2.45, 2.75) is 6.42 Å². The minimum Gasteiger partial charge on any atom is -0.385 e. The molecule has 0 amide bonds. The van der Waals surface area contributed by atoms with Gasteiger partial charge in [-0.1, -0.05) is 0 Å². The fraction of sp³-hybridized carbons (Fsp3) is 0.455. The minimum atomic E-state index is -0.551. The molecule has 0 heterocycles. The first-order chi connectivity index (χ1) is 7.08. The lowest BCUT2D eigenvalue weighted by molar-refractivity contribution is 0.405. The summed E-state index contributed by atoms with van der Waals surface area (Å²) >= 11 is 0. The number of nitrogens with zero attached hydrogens (tertiary/aromatic N) is 1. The molecule has 1 N–H and O–H groups in total. The Balaban J connectivity index is 2.37. The van der Waals surface area contributed by atoms with Crippen LogP contribution in [-0.4, -0.2) is 32.1 Å². The van der Waals surface area contributed by atoms with Crippen molar-refractivity contribution in [2.75, 3.05) is 32.5 Å². The summed E-state index contributed by atoms with van der Waals surface area (Å²) in [6.45, 7) is 1.66. The maximum Gasteiger partial charge on any atom is 0.128 e. The standard InChI is InChI=1S/C11H16F2N2/c1-15(2)5-3-4-14-11-7-9(12)6-10(13)8-11/h6-8,14H,3-5H2,1-2H3. The van der Waals surface area contributed by atoms with Crippen molar-refractivity contribution in [3.8, 4) is 0 Å². The molecule has 0 saturated heterocycles. The predicted octanol–water partition coefficient (Wildman–Crippen LogP) is 2.33. The summed E-state index contributed by atoms with van der Waals surface area (Å²) in [5.74, 6) is -1.10. The monoisotopic (exact) mass is 214 g/mol. The van der Waals surface area contributed by atoms with Crippen LogP contribution >= 0.6 is 0 Å². The van der Waals surface area contributed by atoms with Gasteiger partial charge in [-0.25, -0.2) is 8.78 Å². The summed E-state index contributed by atoms with van der Waals surface area (Å²) in [6.07, 6.45) is 0.936. The molecule has 4 heteroatoms. The van der Waals surface area contributed by atoms with E-state index in [2.05, 4.69) is 10.2 Å². The highest BCUT2D eigenvalue weighted by Crippen LogP contribution is 2.12. The van der Waals surface area contributed by atoms with E-state index in [4.69, 9.17) is 0 Å². The van der Waals surface area contributed by atoms with Crippen LogP contribution in [0.4, 0.5) is 14.5 Å². The zero-order chi connectivity index (χ0) is 11.3. The molecule has 15 heavy (non-hydrogen) atoms. The molecule has 2 nitrogen and oxygen atoms in total. The van der Waals surface area contributed by atoms with Crippen molar-refractivity contribution < 1.29 is 8.78 Å². The first kappa shape index (κ1) is 11.9.